The quantitative estimate of drug-likeness (QED) is 0.320. The van der Waals surface area contributed by atoms with Gasteiger partial charge in [-0.2, -0.15) is 0 Å². The van der Waals surface area contributed by atoms with Crippen LogP contribution in [0, 0.1) is 5.92 Å². The lowest BCUT2D eigenvalue weighted by Gasteiger charge is -2.26. The fourth-order valence-corrected chi connectivity index (χ4v) is 9.33. The normalized spacial score (nSPS) is 26.9. The second-order valence-electron chi connectivity index (χ2n) is 13.2. The smallest absolute Gasteiger partial charge is 0.259 e. The summed E-state index contributed by atoms with van der Waals surface area (Å²) in [6.07, 6.45) is 11.1. The van der Waals surface area contributed by atoms with Gasteiger partial charge in [-0.05, 0) is 66.6 Å². The zero-order valence-corrected chi connectivity index (χ0v) is 30.2. The van der Waals surface area contributed by atoms with Crippen molar-refractivity contribution in [3.05, 3.63) is 46.4 Å². The molecule has 49 heavy (non-hydrogen) atoms. The molecule has 2 saturated carbocycles. The number of nitrogens with zero attached hydrogens (tertiary/aromatic N) is 3. The molecule has 0 bridgehead atoms. The Labute approximate surface area is 297 Å². The van der Waals surface area contributed by atoms with E-state index in [1.807, 2.05) is 35.7 Å². The Morgan fingerprint density at radius 2 is 1.98 bits per heavy atom. The maximum absolute atomic E-state index is 14.1. The molecule has 2 N–H and O–H groups in total. The Balaban J connectivity index is 1.19. The summed E-state index contributed by atoms with van der Waals surface area (Å²) in [6.45, 7) is 0.170. The lowest BCUT2D eigenvalue weighted by Crippen LogP contribution is -2.56. The molecule has 1 aromatic carbocycles. The molecule has 3 aromatic rings. The van der Waals surface area contributed by atoms with Crippen molar-refractivity contribution in [2.45, 2.75) is 87.1 Å². The van der Waals surface area contributed by atoms with E-state index in [2.05, 4.69) is 31.0 Å². The summed E-state index contributed by atoms with van der Waals surface area (Å²) in [5, 5.41) is 5.62. The van der Waals surface area contributed by atoms with Crippen LogP contribution < -0.4 is 19.5 Å². The summed E-state index contributed by atoms with van der Waals surface area (Å²) in [4.78, 5) is 52.2. The summed E-state index contributed by atoms with van der Waals surface area (Å²) in [7, 11) is -2.25. The molecule has 4 atom stereocenters. The minimum Gasteiger partial charge on any atom is -0.495 e. The van der Waals surface area contributed by atoms with Crippen molar-refractivity contribution in [3.63, 3.8) is 0 Å². The Kier molecular flexibility index (Phi) is 9.43. The summed E-state index contributed by atoms with van der Waals surface area (Å²) < 4.78 is 40.5. The standard InChI is InChI=1S/C34H38BrN5O7S2/c1-46-26-13-12-23-27(17-24(32-36-14-15-48-32)37-30(23)29(26)35)47-21-16-25-31(42)38-34(33(43)39-49(44,45)22-10-11-22)18-20(34)8-6-4-2-3-5-7-9-28(41)40(25)19-21/h6,8,12-15,17,20-22,25H,2-5,7,9-11,16,18-19H2,1H3,(H,38,42)(H,39,43)/b8-6-. The van der Waals surface area contributed by atoms with Gasteiger partial charge in [-0.25, -0.2) is 18.4 Å². The fraction of sp³-hybridized carbons (Fsp3) is 0.500. The number of hydrogen-bond acceptors (Lipinski definition) is 10. The highest BCUT2D eigenvalue weighted by Crippen LogP contribution is 2.46. The van der Waals surface area contributed by atoms with Crippen LogP contribution in [0.2, 0.25) is 0 Å². The minimum atomic E-state index is -3.83. The van der Waals surface area contributed by atoms with Crippen LogP contribution in [-0.2, 0) is 24.4 Å². The first-order chi connectivity index (χ1) is 23.6. The van der Waals surface area contributed by atoms with Crippen LogP contribution in [0.15, 0.2) is 46.4 Å². The minimum absolute atomic E-state index is 0.156. The summed E-state index contributed by atoms with van der Waals surface area (Å²) in [5.41, 5.74) is -0.181. The first kappa shape index (κ1) is 33.9. The first-order valence-corrected chi connectivity index (χ1v) is 19.9. The molecule has 260 valence electrons. The molecule has 4 unspecified atom stereocenters. The number of sulfonamides is 1. The number of amides is 3. The number of benzene rings is 1. The van der Waals surface area contributed by atoms with Gasteiger partial charge in [0.2, 0.25) is 21.8 Å². The molecule has 4 heterocycles. The van der Waals surface area contributed by atoms with E-state index in [1.54, 1.807) is 18.2 Å². The van der Waals surface area contributed by atoms with Gasteiger partial charge < -0.3 is 19.7 Å². The van der Waals surface area contributed by atoms with Crippen molar-refractivity contribution in [1.82, 2.24) is 24.9 Å². The fourth-order valence-electron chi connectivity index (χ4n) is 6.77. The van der Waals surface area contributed by atoms with Crippen LogP contribution in [-0.4, -0.2) is 77.6 Å². The number of thiazole rings is 1. The topological polar surface area (TPSA) is 157 Å². The van der Waals surface area contributed by atoms with E-state index >= 15 is 0 Å². The number of carbonyl (C=O) groups excluding carboxylic acids is 3. The van der Waals surface area contributed by atoms with Gasteiger partial charge in [-0.3, -0.25) is 19.1 Å². The third-order valence-corrected chi connectivity index (χ3v) is 13.1. The van der Waals surface area contributed by atoms with Gasteiger partial charge in [0.05, 0.1) is 28.9 Å². The summed E-state index contributed by atoms with van der Waals surface area (Å²) >= 11 is 5.07. The number of fused-ring (bicyclic) bond motifs is 3. The average Bonchev–Trinajstić information content (AvgIpc) is 3.94. The predicted molar refractivity (Wildman–Crippen MR) is 188 cm³/mol. The molecule has 7 rings (SSSR count). The molecule has 0 spiro atoms. The van der Waals surface area contributed by atoms with Crippen molar-refractivity contribution in [2.24, 2.45) is 5.92 Å². The second-order valence-corrected chi connectivity index (χ2v) is 16.8. The van der Waals surface area contributed by atoms with E-state index in [1.165, 1.54) is 11.3 Å². The largest absolute Gasteiger partial charge is 0.495 e. The van der Waals surface area contributed by atoms with Crippen molar-refractivity contribution < 1.29 is 32.3 Å². The maximum Gasteiger partial charge on any atom is 0.259 e. The molecule has 3 fully saturated rings. The zero-order valence-electron chi connectivity index (χ0n) is 27.0. The SMILES string of the molecule is COc1ccc2c(OC3CC4C(=O)NC5(C(=O)NS(=O)(=O)C6CC6)CC5/C=C\CCCCCCC(=O)N4C3)cc(-c3nccs3)nc2c1Br. The van der Waals surface area contributed by atoms with E-state index in [9.17, 15) is 22.8 Å². The van der Waals surface area contributed by atoms with Gasteiger partial charge >= 0.3 is 0 Å². The van der Waals surface area contributed by atoms with Crippen molar-refractivity contribution >= 4 is 65.9 Å². The number of halogens is 1. The van der Waals surface area contributed by atoms with Crippen molar-refractivity contribution in [3.8, 4) is 22.2 Å². The molecule has 15 heteroatoms. The molecule has 2 aromatic heterocycles. The predicted octanol–water partition coefficient (Wildman–Crippen LogP) is 4.87. The number of aromatic nitrogens is 2. The molecule has 4 aliphatic rings. The van der Waals surface area contributed by atoms with Gasteiger partial charge in [0, 0.05) is 41.8 Å². The molecular weight excluding hydrogens is 734 g/mol. The van der Waals surface area contributed by atoms with Gasteiger partial charge in [0.1, 0.15) is 39.9 Å². The summed E-state index contributed by atoms with van der Waals surface area (Å²) in [5.74, 6) is -0.609. The Morgan fingerprint density at radius 1 is 1.16 bits per heavy atom. The van der Waals surface area contributed by atoms with Gasteiger partial charge in [0.25, 0.3) is 5.91 Å². The summed E-state index contributed by atoms with van der Waals surface area (Å²) in [6, 6.07) is 4.58. The molecule has 2 aliphatic carbocycles. The number of methoxy groups -OCH3 is 1. The molecule has 12 nitrogen and oxygen atoms in total. The second kappa shape index (κ2) is 13.6. The van der Waals surface area contributed by atoms with Gasteiger partial charge in [0.15, 0.2) is 0 Å². The first-order valence-electron chi connectivity index (χ1n) is 16.7. The van der Waals surface area contributed by atoms with Crippen LogP contribution in [0.5, 0.6) is 11.5 Å². The van der Waals surface area contributed by atoms with E-state index < -0.39 is 44.8 Å². The highest BCUT2D eigenvalue weighted by molar-refractivity contribution is 9.10. The number of allylic oxidation sites excluding steroid dienone is 1. The maximum atomic E-state index is 14.1. The van der Waals surface area contributed by atoms with Crippen LogP contribution in [0.25, 0.3) is 21.6 Å². The third-order valence-electron chi connectivity index (χ3n) is 9.74. The number of carbonyl (C=O) groups is 3. The van der Waals surface area contributed by atoms with Gasteiger partial charge in [-0.1, -0.05) is 25.0 Å². The number of nitrogens with one attached hydrogen (secondary N) is 2. The van der Waals surface area contributed by atoms with E-state index in [0.29, 0.717) is 63.3 Å². The van der Waals surface area contributed by atoms with Crippen LogP contribution in [0.4, 0.5) is 0 Å². The molecule has 0 radical (unpaired) electrons. The number of hydrogen-bond donors (Lipinski definition) is 2. The van der Waals surface area contributed by atoms with Crippen molar-refractivity contribution in [2.75, 3.05) is 13.7 Å². The Morgan fingerprint density at radius 3 is 2.73 bits per heavy atom. The number of pyridine rings is 1. The molecular formula is C34H38BrN5O7S2. The number of rotatable bonds is 7. The number of ether oxygens (including phenoxy) is 2. The lowest BCUT2D eigenvalue weighted by atomic mass is 10.1. The third kappa shape index (κ3) is 6.93. The van der Waals surface area contributed by atoms with Crippen LogP contribution in [0.3, 0.4) is 0 Å². The average molecular weight is 773 g/mol. The van der Waals surface area contributed by atoms with Crippen molar-refractivity contribution in [1.29, 1.82) is 0 Å². The van der Waals surface area contributed by atoms with Gasteiger partial charge in [-0.15, -0.1) is 11.3 Å². The molecule has 1 saturated heterocycles. The van der Waals surface area contributed by atoms with E-state index in [-0.39, 0.29) is 31.2 Å². The highest BCUT2D eigenvalue weighted by atomic mass is 79.9. The van der Waals surface area contributed by atoms with Crippen LogP contribution >= 0.6 is 27.3 Å². The lowest BCUT2D eigenvalue weighted by molar-refractivity contribution is -0.139. The van der Waals surface area contributed by atoms with E-state index in [4.69, 9.17) is 14.5 Å². The highest BCUT2D eigenvalue weighted by Gasteiger charge is 2.62. The zero-order chi connectivity index (χ0) is 34.3. The van der Waals surface area contributed by atoms with Crippen LogP contribution in [0.1, 0.15) is 64.2 Å². The molecule has 2 aliphatic heterocycles. The Bertz CT molecular complexity index is 1920. The monoisotopic (exact) mass is 771 g/mol. The molecule has 3 amide bonds. The van der Waals surface area contributed by atoms with E-state index in [0.717, 1.165) is 25.7 Å². The Hall–Kier alpha value is -3.56.